The lowest BCUT2D eigenvalue weighted by Gasteiger charge is -1.79. The van der Waals surface area contributed by atoms with E-state index in [0.717, 1.165) is 0 Å². The minimum Gasteiger partial charge on any atom is -0.0683 e. The fourth-order valence-electron chi connectivity index (χ4n) is 0.354. The smallest absolute Gasteiger partial charge is 0.0538 e. The summed E-state index contributed by atoms with van der Waals surface area (Å²) in [5.74, 6) is 0. The second-order valence-electron chi connectivity index (χ2n) is 2.06. The Hall–Kier alpha value is 0. The Morgan fingerprint density at radius 3 is 0.450 bits per heavy atom. The maximum atomic E-state index is 2.21. The Bertz CT molecular complexity index is 14.0. The van der Waals surface area contributed by atoms with Gasteiger partial charge in [0.05, 0.1) is 0 Å². The average molecular weight is 297 g/mol. The van der Waals surface area contributed by atoms with Crippen LogP contribution in [0.15, 0.2) is 0 Å². The predicted molar refractivity (Wildman–Crippen MR) is 109 cm³/mol. The third-order valence-corrected chi connectivity index (χ3v) is 0.707. The lowest BCUT2D eigenvalue weighted by molar-refractivity contribution is 0.772. The Labute approximate surface area is 137 Å². The van der Waals surface area contributed by atoms with Gasteiger partial charge in [-0.1, -0.05) is 136 Å². The van der Waals surface area contributed by atoms with Crippen LogP contribution in [0.1, 0.15) is 136 Å². The summed E-state index contributed by atoms with van der Waals surface area (Å²) in [7, 11) is 0. The van der Waals surface area contributed by atoms with E-state index in [4.69, 9.17) is 0 Å². The zero-order chi connectivity index (χ0) is 18.8. The molecule has 0 rings (SSSR count). The summed E-state index contributed by atoms with van der Waals surface area (Å²) >= 11 is 0. The van der Waals surface area contributed by atoms with Crippen LogP contribution in [0.4, 0.5) is 0 Å². The summed E-state index contributed by atoms with van der Waals surface area (Å²) in [6.07, 6.45) is 5.33. The molecular formula is C20H56. The second-order valence-corrected chi connectivity index (χ2v) is 2.06. The molecule has 0 saturated carbocycles. The zero-order valence-electron chi connectivity index (χ0n) is 18.8. The van der Waals surface area contributed by atoms with E-state index in [2.05, 4.69) is 27.7 Å². The summed E-state index contributed by atoms with van der Waals surface area (Å²) in [4.78, 5) is 0. The van der Waals surface area contributed by atoms with Gasteiger partial charge in [-0.25, -0.2) is 0 Å². The van der Waals surface area contributed by atoms with E-state index in [0.29, 0.717) is 0 Å². The Morgan fingerprint density at radius 1 is 0.350 bits per heavy atom. The second kappa shape index (κ2) is 385. The molecule has 0 aliphatic carbocycles. The van der Waals surface area contributed by atoms with Crippen LogP contribution >= 0.6 is 0 Å². The molecule has 0 N–H and O–H groups in total. The number of hydrogen-bond acceptors (Lipinski definition) is 0. The fourth-order valence-corrected chi connectivity index (χ4v) is 0.354. The third-order valence-electron chi connectivity index (χ3n) is 0.707. The van der Waals surface area contributed by atoms with Gasteiger partial charge in [-0.15, -0.1) is 0 Å². The van der Waals surface area contributed by atoms with E-state index < -0.39 is 0 Å². The van der Waals surface area contributed by atoms with Crippen molar-refractivity contribution in [2.75, 3.05) is 0 Å². The molecular weight excluding hydrogens is 240 g/mol. The monoisotopic (exact) mass is 296 g/mol. The van der Waals surface area contributed by atoms with Crippen LogP contribution in [0.5, 0.6) is 0 Å². The molecule has 0 heterocycles. The van der Waals surface area contributed by atoms with Gasteiger partial charge in [0.15, 0.2) is 0 Å². The molecule has 0 aromatic carbocycles. The largest absolute Gasteiger partial charge is 0.0683 e. The maximum Gasteiger partial charge on any atom is -0.0538 e. The van der Waals surface area contributed by atoms with Crippen molar-refractivity contribution in [1.29, 1.82) is 0 Å². The fraction of sp³-hybridized carbons (Fsp3) is 1.00. The topological polar surface area (TPSA) is 0 Å². The number of unbranched alkanes of at least 4 members (excludes halogenated alkanes) is 2. The molecule has 0 aliphatic heterocycles. The third kappa shape index (κ3) is 1300. The van der Waals surface area contributed by atoms with Crippen molar-refractivity contribution in [3.05, 3.63) is 0 Å². The van der Waals surface area contributed by atoms with Crippen molar-refractivity contribution in [3.8, 4) is 0 Å². The molecule has 0 nitrogen and oxygen atoms in total. The maximum absolute atomic E-state index is 2.21. The molecule has 0 atom stereocenters. The Morgan fingerprint density at radius 2 is 0.450 bits per heavy atom. The Balaban J connectivity index is -0.0000000144. The Kier molecular flexibility index (Phi) is 965. The van der Waals surface area contributed by atoms with Crippen LogP contribution in [0, 0.1) is 0 Å². The van der Waals surface area contributed by atoms with Gasteiger partial charge in [0.2, 0.25) is 0 Å². The van der Waals surface area contributed by atoms with E-state index in [1.807, 2.05) is 83.1 Å². The van der Waals surface area contributed by atoms with Crippen molar-refractivity contribution in [3.63, 3.8) is 0 Å². The molecule has 0 aromatic heterocycles. The molecule has 0 bridgehead atoms. The van der Waals surface area contributed by atoms with E-state index in [9.17, 15) is 0 Å². The molecule has 0 fully saturated rings. The zero-order valence-corrected chi connectivity index (χ0v) is 18.8. The van der Waals surface area contributed by atoms with Gasteiger partial charge < -0.3 is 0 Å². The van der Waals surface area contributed by atoms with Crippen molar-refractivity contribution in [1.82, 2.24) is 0 Å². The highest BCUT2D eigenvalue weighted by atomic mass is 13.7. The molecule has 0 spiro atoms. The van der Waals surface area contributed by atoms with Crippen LogP contribution in [0.3, 0.4) is 0 Å². The first-order valence-corrected chi connectivity index (χ1v) is 9.83. The van der Waals surface area contributed by atoms with Crippen molar-refractivity contribution in [2.24, 2.45) is 0 Å². The van der Waals surface area contributed by atoms with Gasteiger partial charge in [-0.2, -0.15) is 0 Å². The summed E-state index contributed by atoms with van der Waals surface area (Å²) in [6, 6.07) is 0. The van der Waals surface area contributed by atoms with Crippen LogP contribution in [-0.4, -0.2) is 0 Å². The van der Waals surface area contributed by atoms with Crippen molar-refractivity contribution in [2.45, 2.75) is 136 Å². The highest BCUT2D eigenvalue weighted by molar-refractivity contribution is 4.24. The van der Waals surface area contributed by atoms with E-state index in [1.165, 1.54) is 25.7 Å². The molecule has 0 radical (unpaired) electrons. The summed E-state index contributed by atoms with van der Waals surface area (Å²) in [5, 5.41) is 0. The standard InChI is InChI=1S/C5H12.C3H8.6C2H6/c1-3-5-4-2;1-3-2;6*1-2/h3-5H2,1-2H3;3H2,1-2H3;6*1-2H3. The van der Waals surface area contributed by atoms with Gasteiger partial charge in [-0.3, -0.25) is 0 Å². The van der Waals surface area contributed by atoms with Gasteiger partial charge in [-0.05, 0) is 0 Å². The van der Waals surface area contributed by atoms with E-state index in [1.54, 1.807) is 0 Å². The molecule has 0 saturated heterocycles. The molecule has 0 aromatic rings. The number of rotatable bonds is 2. The highest BCUT2D eigenvalue weighted by Gasteiger charge is 1.68. The number of hydrogen-bond donors (Lipinski definition) is 0. The predicted octanol–water partition coefficient (Wildman–Crippen LogP) is 9.77. The lowest BCUT2D eigenvalue weighted by atomic mass is 10.3. The minimum atomic E-state index is 1.25. The molecule has 20 heavy (non-hydrogen) atoms. The summed E-state index contributed by atoms with van der Waals surface area (Å²) in [6.45, 7) is 32.7. The van der Waals surface area contributed by atoms with Crippen molar-refractivity contribution < 1.29 is 0 Å². The van der Waals surface area contributed by atoms with Crippen LogP contribution in [-0.2, 0) is 0 Å². The first kappa shape index (κ1) is 50.1. The lowest BCUT2D eigenvalue weighted by Crippen LogP contribution is -1.59. The molecule has 0 amide bonds. The van der Waals surface area contributed by atoms with Gasteiger partial charge in [0.1, 0.15) is 0 Å². The van der Waals surface area contributed by atoms with Gasteiger partial charge >= 0.3 is 0 Å². The van der Waals surface area contributed by atoms with E-state index >= 15 is 0 Å². The molecule has 0 aliphatic rings. The van der Waals surface area contributed by atoms with E-state index in [-0.39, 0.29) is 0 Å². The SMILES string of the molecule is CC.CC.CC.CC.CC.CC.CCC.CCCCC. The first-order valence-electron chi connectivity index (χ1n) is 9.83. The highest BCUT2D eigenvalue weighted by Crippen LogP contribution is 1.88. The van der Waals surface area contributed by atoms with Crippen LogP contribution in [0.2, 0.25) is 0 Å². The summed E-state index contributed by atoms with van der Waals surface area (Å²) in [5.41, 5.74) is 0. The van der Waals surface area contributed by atoms with Gasteiger partial charge in [0, 0.05) is 0 Å². The van der Waals surface area contributed by atoms with Crippen LogP contribution < -0.4 is 0 Å². The molecule has 136 valence electrons. The minimum absolute atomic E-state index is 1.25. The quantitative estimate of drug-likeness (QED) is 0.475. The van der Waals surface area contributed by atoms with Gasteiger partial charge in [0.25, 0.3) is 0 Å². The first-order chi connectivity index (χ1) is 9.83. The molecule has 0 heteroatoms. The van der Waals surface area contributed by atoms with Crippen molar-refractivity contribution >= 4 is 0 Å². The molecule has 0 unspecified atom stereocenters. The average Bonchev–Trinajstić information content (AvgIpc) is 2.60. The summed E-state index contributed by atoms with van der Waals surface area (Å²) < 4.78 is 0. The van der Waals surface area contributed by atoms with Crippen LogP contribution in [0.25, 0.3) is 0 Å². The normalized spacial score (nSPS) is 4.80.